The highest BCUT2D eigenvalue weighted by Gasteiger charge is 2.62. The number of rotatable bonds is 0. The summed E-state index contributed by atoms with van der Waals surface area (Å²) in [6.07, 6.45) is 22.5. The van der Waals surface area contributed by atoms with Crippen LogP contribution in [0.15, 0.2) is 29.8 Å². The van der Waals surface area contributed by atoms with Gasteiger partial charge in [0.15, 0.2) is 5.78 Å². The lowest BCUT2D eigenvalue weighted by atomic mass is 9.50. The van der Waals surface area contributed by atoms with Crippen LogP contribution in [0.4, 0.5) is 0 Å². The van der Waals surface area contributed by atoms with Gasteiger partial charge in [0.05, 0.1) is 6.10 Å². The van der Waals surface area contributed by atoms with Crippen molar-refractivity contribution in [1.29, 1.82) is 0 Å². The number of benzene rings is 1. The fraction of sp³-hybridized carbons (Fsp3) is 0.711. The van der Waals surface area contributed by atoms with Gasteiger partial charge in [0.25, 0.3) is 0 Å². The monoisotopic (exact) mass is 570 g/mol. The van der Waals surface area contributed by atoms with Crippen LogP contribution in [0, 0.1) is 58.7 Å². The van der Waals surface area contributed by atoms with E-state index < -0.39 is 5.60 Å². The maximum atomic E-state index is 11.7. The summed E-state index contributed by atoms with van der Waals surface area (Å²) in [6, 6.07) is 5.96. The summed E-state index contributed by atoms with van der Waals surface area (Å²) in [5.41, 5.74) is 3.41. The van der Waals surface area contributed by atoms with E-state index in [0.717, 1.165) is 70.1 Å². The molecule has 0 heterocycles. The number of hydrogen-bond acceptors (Lipinski definition) is 4. The molecule has 0 aromatic heterocycles. The molecule has 4 heteroatoms. The minimum Gasteiger partial charge on any atom is -0.508 e. The van der Waals surface area contributed by atoms with Crippen molar-refractivity contribution in [1.82, 2.24) is 0 Å². The number of fused-ring (bicyclic) bond motifs is 10. The van der Waals surface area contributed by atoms with Crippen molar-refractivity contribution in [2.24, 2.45) is 46.3 Å². The summed E-state index contributed by atoms with van der Waals surface area (Å²) in [4.78, 5) is 11.7. The zero-order valence-corrected chi connectivity index (χ0v) is 25.7. The molecule has 11 atom stereocenters. The third kappa shape index (κ3) is 4.20. The van der Waals surface area contributed by atoms with Gasteiger partial charge in [-0.2, -0.15) is 0 Å². The van der Waals surface area contributed by atoms with Gasteiger partial charge in [0, 0.05) is 11.8 Å². The number of phenolic OH excluding ortho intramolecular Hbond substituents is 1. The molecule has 226 valence electrons. The molecule has 3 N–H and O–H groups in total. The molecule has 0 spiro atoms. The second kappa shape index (κ2) is 10.2. The Morgan fingerprint density at radius 3 is 2.45 bits per heavy atom. The maximum absolute atomic E-state index is 11.7. The predicted octanol–water partition coefficient (Wildman–Crippen LogP) is 7.10. The van der Waals surface area contributed by atoms with Gasteiger partial charge in [-0.05, 0) is 160 Å². The number of hydrogen-bond donors (Lipinski definition) is 3. The molecule has 4 nitrogen and oxygen atoms in total. The Labute approximate surface area is 252 Å². The van der Waals surface area contributed by atoms with Crippen molar-refractivity contribution < 1.29 is 20.1 Å². The fourth-order valence-corrected chi connectivity index (χ4v) is 12.0. The lowest BCUT2D eigenvalue weighted by Gasteiger charge is -2.54. The summed E-state index contributed by atoms with van der Waals surface area (Å²) in [7, 11) is 0. The van der Waals surface area contributed by atoms with Crippen molar-refractivity contribution in [3.63, 3.8) is 0 Å². The molecular formula is C38H50O4. The number of phenols is 1. The van der Waals surface area contributed by atoms with Gasteiger partial charge in [-0.3, -0.25) is 4.79 Å². The van der Waals surface area contributed by atoms with Crippen LogP contribution in [-0.2, 0) is 11.2 Å². The average Bonchev–Trinajstić information content (AvgIpc) is 3.44. The van der Waals surface area contributed by atoms with Crippen LogP contribution < -0.4 is 0 Å². The quantitative estimate of drug-likeness (QED) is 0.291. The average molecular weight is 571 g/mol. The second-order valence-corrected chi connectivity index (χ2v) is 15.7. The first kappa shape index (κ1) is 28.7. The molecular weight excluding hydrogens is 520 g/mol. The van der Waals surface area contributed by atoms with E-state index >= 15 is 0 Å². The summed E-state index contributed by atoms with van der Waals surface area (Å²) in [5.74, 6) is 8.15. The van der Waals surface area contributed by atoms with E-state index in [1.807, 2.05) is 18.2 Å². The van der Waals surface area contributed by atoms with Crippen LogP contribution in [0.1, 0.15) is 114 Å². The Morgan fingerprint density at radius 2 is 1.64 bits per heavy atom. The standard InChI is InChI=1S/C20H26O2.C18H24O2/c1-3-20(22)11-9-18-17-6-4-13-12-14(21)5-7-15(13)16(17)8-10-19(18,20)2;1-18-9-8-14-13-5-3-12(19)10-11(13)2-4-15(14)16(18)6-7-17(18)20/h1,12,15-18,22H,4-11H2,2H3;3,5,10,14-17,19-20H,2,4,6-9H2,1H3/t15-,16+,17+,18-,19-,20-;14-,15-,16+,17+,18+/m01/s1. The third-order valence-electron chi connectivity index (χ3n) is 14.4. The van der Waals surface area contributed by atoms with Gasteiger partial charge in [0.2, 0.25) is 0 Å². The minimum atomic E-state index is -0.902. The number of carbonyl (C=O) groups is 1. The Hall–Kier alpha value is -2.09. The fourth-order valence-electron chi connectivity index (χ4n) is 12.0. The highest BCUT2D eigenvalue weighted by atomic mass is 16.3. The Kier molecular flexibility index (Phi) is 6.99. The van der Waals surface area contributed by atoms with E-state index in [9.17, 15) is 20.1 Å². The highest BCUT2D eigenvalue weighted by molar-refractivity contribution is 5.91. The number of terminal acetylenes is 1. The lowest BCUT2D eigenvalue weighted by Crippen LogP contribution is -2.52. The van der Waals surface area contributed by atoms with Crippen LogP contribution >= 0.6 is 0 Å². The molecule has 1 aromatic carbocycles. The van der Waals surface area contributed by atoms with Crippen molar-refractivity contribution in [2.45, 2.75) is 121 Å². The van der Waals surface area contributed by atoms with Crippen molar-refractivity contribution >= 4 is 5.78 Å². The summed E-state index contributed by atoms with van der Waals surface area (Å²) >= 11 is 0. The first-order valence-corrected chi connectivity index (χ1v) is 17.0. The highest BCUT2D eigenvalue weighted by Crippen LogP contribution is 2.65. The Bertz CT molecular complexity index is 1320. The number of carbonyl (C=O) groups excluding carboxylic acids is 1. The number of ketones is 1. The van der Waals surface area contributed by atoms with Crippen molar-refractivity contribution in [3.8, 4) is 18.1 Å². The van der Waals surface area contributed by atoms with Gasteiger partial charge in [-0.15, -0.1) is 6.42 Å². The smallest absolute Gasteiger partial charge is 0.155 e. The largest absolute Gasteiger partial charge is 0.508 e. The Balaban J connectivity index is 0.000000138. The predicted molar refractivity (Wildman–Crippen MR) is 165 cm³/mol. The van der Waals surface area contributed by atoms with Gasteiger partial charge in [-0.1, -0.05) is 31.4 Å². The normalized spacial score (nSPS) is 46.7. The van der Waals surface area contributed by atoms with E-state index in [1.165, 1.54) is 42.4 Å². The van der Waals surface area contributed by atoms with E-state index in [0.29, 0.717) is 47.0 Å². The van der Waals surface area contributed by atoms with Crippen LogP contribution in [0.25, 0.3) is 0 Å². The van der Waals surface area contributed by atoms with E-state index in [-0.39, 0.29) is 16.9 Å². The lowest BCUT2D eigenvalue weighted by molar-refractivity contribution is -0.116. The van der Waals surface area contributed by atoms with E-state index in [2.05, 4.69) is 25.8 Å². The zero-order valence-electron chi connectivity index (χ0n) is 25.7. The molecule has 0 amide bonds. The summed E-state index contributed by atoms with van der Waals surface area (Å²) < 4.78 is 0. The van der Waals surface area contributed by atoms with E-state index in [4.69, 9.17) is 6.42 Å². The molecule has 1 aromatic rings. The van der Waals surface area contributed by atoms with Gasteiger partial charge in [-0.25, -0.2) is 0 Å². The molecule has 5 saturated carbocycles. The van der Waals surface area contributed by atoms with Crippen LogP contribution in [0.2, 0.25) is 0 Å². The maximum Gasteiger partial charge on any atom is 0.155 e. The molecule has 0 aliphatic heterocycles. The number of allylic oxidation sites excluding steroid dienone is 1. The van der Waals surface area contributed by atoms with Gasteiger partial charge in [0.1, 0.15) is 11.4 Å². The summed E-state index contributed by atoms with van der Waals surface area (Å²) in [5, 5.41) is 31.0. The number of aliphatic hydroxyl groups excluding tert-OH is 1. The van der Waals surface area contributed by atoms with Gasteiger partial charge < -0.3 is 15.3 Å². The number of aromatic hydroxyl groups is 1. The third-order valence-corrected chi connectivity index (χ3v) is 14.4. The molecule has 0 saturated heterocycles. The number of aliphatic hydroxyl groups is 2. The Morgan fingerprint density at radius 1 is 0.833 bits per heavy atom. The van der Waals surface area contributed by atoms with Crippen LogP contribution in [-0.4, -0.2) is 32.8 Å². The second-order valence-electron chi connectivity index (χ2n) is 15.7. The van der Waals surface area contributed by atoms with Crippen LogP contribution in [0.3, 0.4) is 0 Å². The molecule has 0 unspecified atom stereocenters. The van der Waals surface area contributed by atoms with Crippen LogP contribution in [0.5, 0.6) is 5.75 Å². The first-order valence-electron chi connectivity index (χ1n) is 17.0. The van der Waals surface area contributed by atoms with E-state index in [1.54, 1.807) is 0 Å². The van der Waals surface area contributed by atoms with Crippen molar-refractivity contribution in [2.75, 3.05) is 0 Å². The molecule has 7 aliphatic carbocycles. The summed E-state index contributed by atoms with van der Waals surface area (Å²) in [6.45, 7) is 4.55. The first-order chi connectivity index (χ1) is 20.1. The molecule has 0 radical (unpaired) electrons. The topological polar surface area (TPSA) is 77.8 Å². The molecule has 42 heavy (non-hydrogen) atoms. The molecule has 8 rings (SSSR count). The molecule has 7 aliphatic rings. The molecule has 5 fully saturated rings. The van der Waals surface area contributed by atoms with Gasteiger partial charge >= 0.3 is 0 Å². The minimum absolute atomic E-state index is 0.0883. The number of aryl methyl sites for hydroxylation is 1. The molecule has 0 bridgehead atoms. The SMILES string of the molecule is C#C[C@]1(O)CC[C@H]2[C@@H]3CCC4=CC(=O)CC[C@@H]4[C@H]3CC[C@@]21C.C[C@]12CC[C@@H]3c4ccc(O)cc4CC[C@H]3[C@@H]1CC[C@@H]2O. The zero-order chi connectivity index (χ0) is 29.4. The van der Waals surface area contributed by atoms with Crippen molar-refractivity contribution in [3.05, 3.63) is 41.0 Å².